The quantitative estimate of drug-likeness (QED) is 0.725. The number of carbonyl (C=O) groups is 1. The van der Waals surface area contributed by atoms with E-state index in [0.29, 0.717) is 17.1 Å². The van der Waals surface area contributed by atoms with Crippen LogP contribution in [0.25, 0.3) is 0 Å². The Morgan fingerprint density at radius 2 is 1.84 bits per heavy atom. The van der Waals surface area contributed by atoms with Gasteiger partial charge in [0.05, 0.1) is 10.4 Å². The third-order valence-electron chi connectivity index (χ3n) is 5.49. The van der Waals surface area contributed by atoms with Crippen molar-refractivity contribution in [3.8, 4) is 11.5 Å². The van der Waals surface area contributed by atoms with Crippen LogP contribution in [-0.4, -0.2) is 44.2 Å². The molecule has 0 bridgehead atoms. The number of amides is 1. The summed E-state index contributed by atoms with van der Waals surface area (Å²) in [5.74, 6) is 0.540. The Hall–Kier alpha value is -2.78. The molecule has 2 aromatic rings. The van der Waals surface area contributed by atoms with E-state index in [1.807, 2.05) is 0 Å². The molecule has 1 amide bonds. The molecule has 0 saturated heterocycles. The number of rotatable bonds is 5. The van der Waals surface area contributed by atoms with Crippen molar-refractivity contribution in [2.45, 2.75) is 48.0 Å². The summed E-state index contributed by atoms with van der Waals surface area (Å²) in [5, 5.41) is 1.82. The lowest BCUT2D eigenvalue weighted by atomic mass is 10.1. The van der Waals surface area contributed by atoms with Crippen molar-refractivity contribution in [3.05, 3.63) is 54.1 Å². The molecule has 31 heavy (non-hydrogen) atoms. The van der Waals surface area contributed by atoms with Gasteiger partial charge in [-0.3, -0.25) is 0 Å². The summed E-state index contributed by atoms with van der Waals surface area (Å²) in [7, 11) is -3.81. The highest BCUT2D eigenvalue weighted by Crippen LogP contribution is 2.57. The van der Waals surface area contributed by atoms with Crippen molar-refractivity contribution in [2.24, 2.45) is 5.73 Å². The summed E-state index contributed by atoms with van der Waals surface area (Å²) in [6, 6.07) is 13.4. The van der Waals surface area contributed by atoms with Gasteiger partial charge in [-0.15, -0.1) is 0 Å². The molecule has 3 atom stereocenters. The summed E-state index contributed by atoms with van der Waals surface area (Å²) in [5.41, 5.74) is 4.83. The number of carbonyl (C=O) groups excluding carboxylic acids is 1. The molecular formula is C22H26N2O6S. The Bertz CT molecular complexity index is 1100. The SMILES string of the molecule is CC(C)(C)OC(=O)N[C@@]1(CN)[C@H](S(=O)(=O)c2ccccc2)[C@@H]1c1ccc2c(c1)OCO2. The maximum atomic E-state index is 13.5. The lowest BCUT2D eigenvalue weighted by Crippen LogP contribution is -2.49. The molecule has 4 rings (SSSR count). The standard InChI is InChI=1S/C22H26N2O6S/c1-21(2,3)30-20(25)24-22(12-23)18(14-9-10-16-17(11-14)29-13-28-16)19(22)31(26,27)15-7-5-4-6-8-15/h4-11,18-19H,12-13,23H2,1-3H3,(H,24,25)/t18-,19+,22+/m0/s1. The average Bonchev–Trinajstić information content (AvgIpc) is 3.13. The summed E-state index contributed by atoms with van der Waals surface area (Å²) in [6.07, 6.45) is -0.713. The lowest BCUT2D eigenvalue weighted by Gasteiger charge is -2.24. The van der Waals surface area contributed by atoms with Gasteiger partial charge >= 0.3 is 6.09 Å². The molecule has 2 aromatic carbocycles. The normalized spacial score (nSPS) is 24.5. The highest BCUT2D eigenvalue weighted by atomic mass is 32.2. The Balaban J connectivity index is 1.75. The number of nitrogens with one attached hydrogen (secondary N) is 1. The third kappa shape index (κ3) is 3.83. The van der Waals surface area contributed by atoms with E-state index in [1.54, 1.807) is 69.3 Å². The molecule has 2 aliphatic rings. The molecular weight excluding hydrogens is 420 g/mol. The molecule has 0 aromatic heterocycles. The van der Waals surface area contributed by atoms with Gasteiger partial charge in [0.2, 0.25) is 6.79 Å². The third-order valence-corrected chi connectivity index (χ3v) is 7.78. The smallest absolute Gasteiger partial charge is 0.408 e. The second kappa shape index (κ2) is 7.42. The van der Waals surface area contributed by atoms with Gasteiger partial charge in [-0.25, -0.2) is 13.2 Å². The predicted octanol–water partition coefficient (Wildman–Crippen LogP) is 2.58. The molecule has 1 aliphatic heterocycles. The topological polar surface area (TPSA) is 117 Å². The highest BCUT2D eigenvalue weighted by Gasteiger charge is 2.72. The minimum Gasteiger partial charge on any atom is -0.454 e. The number of alkyl carbamates (subject to hydrolysis) is 1. The minimum absolute atomic E-state index is 0.0813. The molecule has 8 nitrogen and oxygen atoms in total. The summed E-state index contributed by atoms with van der Waals surface area (Å²) in [6.45, 7) is 5.24. The largest absolute Gasteiger partial charge is 0.454 e. The number of ether oxygens (including phenoxy) is 3. The molecule has 1 saturated carbocycles. The van der Waals surface area contributed by atoms with Gasteiger partial charge in [-0.2, -0.15) is 0 Å². The number of fused-ring (bicyclic) bond motifs is 1. The second-order valence-corrected chi connectivity index (χ2v) is 10.8. The van der Waals surface area contributed by atoms with Crippen LogP contribution < -0.4 is 20.5 Å². The Kier molecular flexibility index (Phi) is 5.13. The zero-order valence-corrected chi connectivity index (χ0v) is 18.4. The fourth-order valence-corrected chi connectivity index (χ4v) is 6.50. The Morgan fingerprint density at radius 3 is 2.48 bits per heavy atom. The van der Waals surface area contributed by atoms with E-state index in [1.165, 1.54) is 0 Å². The highest BCUT2D eigenvalue weighted by molar-refractivity contribution is 7.92. The molecule has 1 aliphatic carbocycles. The van der Waals surface area contributed by atoms with E-state index in [0.717, 1.165) is 0 Å². The first-order valence-corrected chi connectivity index (χ1v) is 11.5. The van der Waals surface area contributed by atoms with Gasteiger partial charge in [0, 0.05) is 12.5 Å². The van der Waals surface area contributed by atoms with E-state index in [9.17, 15) is 13.2 Å². The van der Waals surface area contributed by atoms with Crippen LogP contribution in [0.5, 0.6) is 11.5 Å². The zero-order valence-electron chi connectivity index (χ0n) is 17.6. The molecule has 1 heterocycles. The van der Waals surface area contributed by atoms with E-state index in [4.69, 9.17) is 19.9 Å². The summed E-state index contributed by atoms with van der Waals surface area (Å²) in [4.78, 5) is 12.8. The van der Waals surface area contributed by atoms with Crippen LogP contribution in [0, 0.1) is 0 Å². The molecule has 1 fully saturated rings. The Labute approximate surface area is 181 Å². The van der Waals surface area contributed by atoms with Gasteiger partial charge in [0.15, 0.2) is 21.3 Å². The summed E-state index contributed by atoms with van der Waals surface area (Å²) < 4.78 is 43.3. The van der Waals surface area contributed by atoms with E-state index in [2.05, 4.69) is 5.32 Å². The maximum Gasteiger partial charge on any atom is 0.408 e. The zero-order chi connectivity index (χ0) is 22.4. The van der Waals surface area contributed by atoms with Crippen LogP contribution in [0.1, 0.15) is 32.3 Å². The maximum absolute atomic E-state index is 13.5. The molecule has 0 radical (unpaired) electrons. The molecule has 166 valence electrons. The van der Waals surface area contributed by atoms with E-state index in [-0.39, 0.29) is 18.2 Å². The first-order valence-electron chi connectivity index (χ1n) is 9.98. The van der Waals surface area contributed by atoms with Crippen molar-refractivity contribution >= 4 is 15.9 Å². The van der Waals surface area contributed by atoms with Crippen LogP contribution in [0.3, 0.4) is 0 Å². The minimum atomic E-state index is -3.81. The predicted molar refractivity (Wildman–Crippen MR) is 114 cm³/mol. The molecule has 9 heteroatoms. The molecule has 0 spiro atoms. The fraction of sp³-hybridized carbons (Fsp3) is 0.409. The number of benzene rings is 2. The number of sulfone groups is 1. The second-order valence-electron chi connectivity index (χ2n) is 8.74. The van der Waals surface area contributed by atoms with Crippen LogP contribution in [0.2, 0.25) is 0 Å². The van der Waals surface area contributed by atoms with Gasteiger partial charge < -0.3 is 25.3 Å². The average molecular weight is 447 g/mol. The van der Waals surface area contributed by atoms with Gasteiger partial charge in [-0.05, 0) is 50.6 Å². The van der Waals surface area contributed by atoms with Crippen LogP contribution >= 0.6 is 0 Å². The molecule has 3 N–H and O–H groups in total. The van der Waals surface area contributed by atoms with Crippen molar-refractivity contribution in [1.82, 2.24) is 5.32 Å². The first-order chi connectivity index (χ1) is 14.6. The van der Waals surface area contributed by atoms with Gasteiger partial charge in [0.1, 0.15) is 10.9 Å². The van der Waals surface area contributed by atoms with E-state index >= 15 is 0 Å². The fourth-order valence-electron chi connectivity index (χ4n) is 4.13. The number of hydrogen-bond acceptors (Lipinski definition) is 7. The van der Waals surface area contributed by atoms with Crippen molar-refractivity contribution in [1.29, 1.82) is 0 Å². The van der Waals surface area contributed by atoms with Crippen molar-refractivity contribution in [3.63, 3.8) is 0 Å². The van der Waals surface area contributed by atoms with Crippen molar-refractivity contribution < 1.29 is 27.4 Å². The number of hydrogen-bond donors (Lipinski definition) is 2. The van der Waals surface area contributed by atoms with Crippen molar-refractivity contribution in [2.75, 3.05) is 13.3 Å². The van der Waals surface area contributed by atoms with Gasteiger partial charge in [0.25, 0.3) is 0 Å². The Morgan fingerprint density at radius 1 is 1.16 bits per heavy atom. The monoisotopic (exact) mass is 446 g/mol. The van der Waals surface area contributed by atoms with Gasteiger partial charge in [-0.1, -0.05) is 24.3 Å². The number of nitrogens with two attached hydrogens (primary N) is 1. The van der Waals surface area contributed by atoms with Crippen LogP contribution in [0.15, 0.2) is 53.4 Å². The molecule has 0 unspecified atom stereocenters. The van der Waals surface area contributed by atoms with Crippen LogP contribution in [-0.2, 0) is 14.6 Å². The summed E-state index contributed by atoms with van der Waals surface area (Å²) >= 11 is 0. The van der Waals surface area contributed by atoms with Crippen LogP contribution in [0.4, 0.5) is 4.79 Å². The lowest BCUT2D eigenvalue weighted by molar-refractivity contribution is 0.0497. The first kappa shape index (κ1) is 21.5. The van der Waals surface area contributed by atoms with E-state index < -0.39 is 38.2 Å².